The summed E-state index contributed by atoms with van der Waals surface area (Å²) in [4.78, 5) is 11.7. The number of phenols is 1. The Labute approximate surface area is 102 Å². The van der Waals surface area contributed by atoms with Crippen LogP contribution < -0.4 is 5.32 Å². The number of hydrogen-bond donors (Lipinski definition) is 2. The molecule has 0 fully saturated rings. The SMILES string of the molecule is Cc1cc(C(=O)Nc2ccc(Cl)c(O)c2)on1. The van der Waals surface area contributed by atoms with E-state index in [1.54, 1.807) is 13.0 Å². The van der Waals surface area contributed by atoms with Crippen molar-refractivity contribution in [1.82, 2.24) is 5.16 Å². The number of rotatable bonds is 2. The van der Waals surface area contributed by atoms with E-state index < -0.39 is 5.91 Å². The molecule has 2 N–H and O–H groups in total. The zero-order valence-corrected chi connectivity index (χ0v) is 9.65. The lowest BCUT2D eigenvalue weighted by atomic mass is 10.3. The lowest BCUT2D eigenvalue weighted by Gasteiger charge is -2.03. The van der Waals surface area contributed by atoms with Crippen molar-refractivity contribution in [3.8, 4) is 5.75 Å². The van der Waals surface area contributed by atoms with E-state index >= 15 is 0 Å². The molecule has 0 aliphatic heterocycles. The number of nitrogens with one attached hydrogen (secondary N) is 1. The number of hydrogen-bond acceptors (Lipinski definition) is 4. The summed E-state index contributed by atoms with van der Waals surface area (Å²) < 4.78 is 4.80. The first-order valence-corrected chi connectivity index (χ1v) is 5.17. The number of benzene rings is 1. The van der Waals surface area contributed by atoms with Crippen LogP contribution >= 0.6 is 11.6 Å². The molecule has 88 valence electrons. The third kappa shape index (κ3) is 2.57. The molecule has 0 radical (unpaired) electrons. The molecule has 0 atom stereocenters. The zero-order chi connectivity index (χ0) is 12.4. The molecule has 5 nitrogen and oxygen atoms in total. The van der Waals surface area contributed by atoms with E-state index in [1.807, 2.05) is 0 Å². The second-order valence-electron chi connectivity index (χ2n) is 3.45. The van der Waals surface area contributed by atoms with E-state index in [2.05, 4.69) is 10.5 Å². The number of amides is 1. The van der Waals surface area contributed by atoms with Gasteiger partial charge in [0.15, 0.2) is 0 Å². The summed E-state index contributed by atoms with van der Waals surface area (Å²) in [5.74, 6) is -0.428. The van der Waals surface area contributed by atoms with Crippen molar-refractivity contribution < 1.29 is 14.4 Å². The van der Waals surface area contributed by atoms with Gasteiger partial charge in [0.1, 0.15) is 5.75 Å². The van der Waals surface area contributed by atoms with Gasteiger partial charge in [-0.2, -0.15) is 0 Å². The predicted molar refractivity (Wildman–Crippen MR) is 62.3 cm³/mol. The molecular weight excluding hydrogens is 244 g/mol. The lowest BCUT2D eigenvalue weighted by molar-refractivity contribution is 0.0988. The normalized spacial score (nSPS) is 10.2. The Morgan fingerprint density at radius 1 is 1.47 bits per heavy atom. The van der Waals surface area contributed by atoms with Crippen molar-refractivity contribution in [3.05, 3.63) is 40.7 Å². The van der Waals surface area contributed by atoms with Crippen LogP contribution in [0, 0.1) is 6.92 Å². The number of carbonyl (C=O) groups excluding carboxylic acids is 1. The molecule has 17 heavy (non-hydrogen) atoms. The molecule has 2 rings (SSSR count). The van der Waals surface area contributed by atoms with E-state index in [0.717, 1.165) is 0 Å². The van der Waals surface area contributed by atoms with E-state index in [0.29, 0.717) is 11.4 Å². The van der Waals surface area contributed by atoms with Crippen LogP contribution in [0.4, 0.5) is 5.69 Å². The van der Waals surface area contributed by atoms with Gasteiger partial charge in [-0.05, 0) is 19.1 Å². The molecule has 0 aliphatic rings. The molecule has 0 unspecified atom stereocenters. The number of phenolic OH excluding ortho intramolecular Hbond substituents is 1. The van der Waals surface area contributed by atoms with Crippen molar-refractivity contribution in [2.75, 3.05) is 5.32 Å². The number of carbonyl (C=O) groups is 1. The lowest BCUT2D eigenvalue weighted by Crippen LogP contribution is -2.10. The third-order valence-corrected chi connectivity index (χ3v) is 2.38. The highest BCUT2D eigenvalue weighted by molar-refractivity contribution is 6.32. The Hall–Kier alpha value is -2.01. The molecule has 0 bridgehead atoms. The minimum Gasteiger partial charge on any atom is -0.506 e. The summed E-state index contributed by atoms with van der Waals surface area (Å²) in [7, 11) is 0. The van der Waals surface area contributed by atoms with Crippen LogP contribution in [0.15, 0.2) is 28.8 Å². The van der Waals surface area contributed by atoms with Gasteiger partial charge in [-0.1, -0.05) is 16.8 Å². The van der Waals surface area contributed by atoms with E-state index in [9.17, 15) is 9.90 Å². The van der Waals surface area contributed by atoms with Crippen LogP contribution in [-0.4, -0.2) is 16.2 Å². The first kappa shape index (κ1) is 11.5. The summed E-state index contributed by atoms with van der Waals surface area (Å²) >= 11 is 5.65. The second kappa shape index (κ2) is 4.47. The summed E-state index contributed by atoms with van der Waals surface area (Å²) in [6.45, 7) is 1.72. The maximum atomic E-state index is 11.7. The molecule has 1 heterocycles. The van der Waals surface area contributed by atoms with Gasteiger partial charge in [0.05, 0.1) is 10.7 Å². The smallest absolute Gasteiger partial charge is 0.294 e. The minimum atomic E-state index is -0.438. The van der Waals surface area contributed by atoms with Gasteiger partial charge in [-0.25, -0.2) is 0 Å². The highest BCUT2D eigenvalue weighted by Gasteiger charge is 2.12. The van der Waals surface area contributed by atoms with Crippen LogP contribution in [0.3, 0.4) is 0 Å². The molecule has 1 amide bonds. The van der Waals surface area contributed by atoms with Gasteiger partial charge >= 0.3 is 0 Å². The van der Waals surface area contributed by atoms with Gasteiger partial charge in [0.2, 0.25) is 5.76 Å². The summed E-state index contributed by atoms with van der Waals surface area (Å²) in [5.41, 5.74) is 1.04. The first-order valence-electron chi connectivity index (χ1n) is 4.79. The Kier molecular flexibility index (Phi) is 3.01. The standard InChI is InChI=1S/C11H9ClN2O3/c1-6-4-10(17-14-6)11(16)13-7-2-3-8(12)9(15)5-7/h2-5,15H,1H3,(H,13,16). The molecule has 0 saturated carbocycles. The van der Waals surface area contributed by atoms with Crippen molar-refractivity contribution in [2.24, 2.45) is 0 Å². The molecular formula is C11H9ClN2O3. The van der Waals surface area contributed by atoms with Crippen LogP contribution in [0.2, 0.25) is 5.02 Å². The average molecular weight is 253 g/mol. The predicted octanol–water partition coefficient (Wildman–Crippen LogP) is 2.59. The molecule has 1 aromatic heterocycles. The Morgan fingerprint density at radius 2 is 2.24 bits per heavy atom. The monoisotopic (exact) mass is 252 g/mol. The van der Waals surface area contributed by atoms with Gasteiger partial charge in [0, 0.05) is 17.8 Å². The van der Waals surface area contributed by atoms with Crippen molar-refractivity contribution in [2.45, 2.75) is 6.92 Å². The Balaban J connectivity index is 2.15. The molecule has 2 aromatic rings. The maximum Gasteiger partial charge on any atom is 0.294 e. The molecule has 6 heteroatoms. The minimum absolute atomic E-state index is 0.0989. The van der Waals surface area contributed by atoms with E-state index in [-0.39, 0.29) is 16.5 Å². The van der Waals surface area contributed by atoms with E-state index in [4.69, 9.17) is 16.1 Å². The van der Waals surface area contributed by atoms with Crippen molar-refractivity contribution in [3.63, 3.8) is 0 Å². The summed E-state index contributed by atoms with van der Waals surface area (Å²) in [6.07, 6.45) is 0. The topological polar surface area (TPSA) is 75.4 Å². The van der Waals surface area contributed by atoms with Gasteiger partial charge in [0.25, 0.3) is 5.91 Å². The summed E-state index contributed by atoms with van der Waals surface area (Å²) in [6, 6.07) is 5.93. The molecule has 0 saturated heterocycles. The molecule has 0 spiro atoms. The Bertz CT molecular complexity index is 566. The quantitative estimate of drug-likeness (QED) is 0.861. The number of aryl methyl sites for hydroxylation is 1. The van der Waals surface area contributed by atoms with Crippen LogP contribution in [0.25, 0.3) is 0 Å². The number of aromatic nitrogens is 1. The van der Waals surface area contributed by atoms with Crippen LogP contribution in [0.5, 0.6) is 5.75 Å². The number of anilines is 1. The fourth-order valence-electron chi connectivity index (χ4n) is 1.25. The summed E-state index contributed by atoms with van der Waals surface area (Å²) in [5, 5.41) is 15.7. The number of nitrogens with zero attached hydrogens (tertiary/aromatic N) is 1. The molecule has 1 aromatic carbocycles. The van der Waals surface area contributed by atoms with E-state index in [1.165, 1.54) is 18.2 Å². The number of halogens is 1. The van der Waals surface area contributed by atoms with Crippen molar-refractivity contribution >= 4 is 23.2 Å². The molecule has 0 aliphatic carbocycles. The largest absolute Gasteiger partial charge is 0.506 e. The van der Waals surface area contributed by atoms with Crippen molar-refractivity contribution in [1.29, 1.82) is 0 Å². The fourth-order valence-corrected chi connectivity index (χ4v) is 1.37. The first-order chi connectivity index (χ1) is 8.06. The fraction of sp³-hybridized carbons (Fsp3) is 0.0909. The zero-order valence-electron chi connectivity index (χ0n) is 8.90. The third-order valence-electron chi connectivity index (χ3n) is 2.06. The van der Waals surface area contributed by atoms with Gasteiger partial charge < -0.3 is 14.9 Å². The highest BCUT2D eigenvalue weighted by atomic mass is 35.5. The maximum absolute atomic E-state index is 11.7. The van der Waals surface area contributed by atoms with Crippen LogP contribution in [-0.2, 0) is 0 Å². The Morgan fingerprint density at radius 3 is 2.82 bits per heavy atom. The highest BCUT2D eigenvalue weighted by Crippen LogP contribution is 2.26. The van der Waals surface area contributed by atoms with Gasteiger partial charge in [-0.15, -0.1) is 0 Å². The van der Waals surface area contributed by atoms with Crippen LogP contribution in [0.1, 0.15) is 16.2 Å². The second-order valence-corrected chi connectivity index (χ2v) is 3.86. The average Bonchev–Trinajstić information content (AvgIpc) is 2.70. The van der Waals surface area contributed by atoms with Gasteiger partial charge in [-0.3, -0.25) is 4.79 Å². The number of aromatic hydroxyl groups is 1.